The van der Waals surface area contributed by atoms with Crippen LogP contribution in [0.15, 0.2) is 48.7 Å². The van der Waals surface area contributed by atoms with Crippen molar-refractivity contribution in [1.29, 1.82) is 0 Å². The fraction of sp³-hybridized carbons (Fsp3) is 0.294. The van der Waals surface area contributed by atoms with Gasteiger partial charge in [0.15, 0.2) is 0 Å². The normalized spacial score (nSPS) is 11.8. The Labute approximate surface area is 120 Å². The van der Waals surface area contributed by atoms with Crippen LogP contribution in [0.1, 0.15) is 42.6 Å². The van der Waals surface area contributed by atoms with E-state index >= 15 is 0 Å². The average molecular weight is 268 g/mol. The third kappa shape index (κ3) is 3.44. The number of unbranched alkanes of at least 4 members (excludes halogenated alkanes) is 1. The molecule has 3 heteroatoms. The van der Waals surface area contributed by atoms with Crippen molar-refractivity contribution in [3.8, 4) is 0 Å². The fourth-order valence-electron chi connectivity index (χ4n) is 2.36. The molecule has 2 aromatic rings. The minimum Gasteiger partial charge on any atom is -0.346 e. The number of amides is 1. The highest BCUT2D eigenvalue weighted by molar-refractivity contribution is 5.50. The van der Waals surface area contributed by atoms with Gasteiger partial charge in [-0.1, -0.05) is 43.7 Å². The molecule has 20 heavy (non-hydrogen) atoms. The lowest BCUT2D eigenvalue weighted by Gasteiger charge is -2.19. The first kappa shape index (κ1) is 14.3. The van der Waals surface area contributed by atoms with Gasteiger partial charge in [0, 0.05) is 6.20 Å². The number of aryl methyl sites for hydroxylation is 1. The molecule has 0 aliphatic rings. The second kappa shape index (κ2) is 7.43. The van der Waals surface area contributed by atoms with Crippen LogP contribution < -0.4 is 5.32 Å². The summed E-state index contributed by atoms with van der Waals surface area (Å²) in [5.41, 5.74) is 3.27. The van der Waals surface area contributed by atoms with E-state index in [1.165, 1.54) is 5.56 Å². The van der Waals surface area contributed by atoms with Crippen LogP contribution in [0.3, 0.4) is 0 Å². The molecule has 1 aromatic heterocycles. The molecule has 1 amide bonds. The maximum absolute atomic E-state index is 10.9. The van der Waals surface area contributed by atoms with Gasteiger partial charge in [-0.05, 0) is 36.1 Å². The highest BCUT2D eigenvalue weighted by Gasteiger charge is 2.17. The molecule has 104 valence electrons. The number of rotatable bonds is 7. The lowest BCUT2D eigenvalue weighted by Crippen LogP contribution is -2.22. The Hall–Kier alpha value is -2.16. The third-order valence-corrected chi connectivity index (χ3v) is 3.38. The van der Waals surface area contributed by atoms with Crippen LogP contribution in [0.4, 0.5) is 0 Å². The maximum Gasteiger partial charge on any atom is 0.207 e. The van der Waals surface area contributed by atoms with E-state index in [1.807, 2.05) is 30.3 Å². The van der Waals surface area contributed by atoms with Gasteiger partial charge in [-0.3, -0.25) is 9.78 Å². The molecule has 1 N–H and O–H groups in total. The molecule has 0 aliphatic heterocycles. The van der Waals surface area contributed by atoms with E-state index in [0.29, 0.717) is 0 Å². The second-order valence-electron chi connectivity index (χ2n) is 4.77. The number of nitrogens with one attached hydrogen (secondary N) is 1. The van der Waals surface area contributed by atoms with Gasteiger partial charge < -0.3 is 5.32 Å². The van der Waals surface area contributed by atoms with Crippen molar-refractivity contribution in [3.63, 3.8) is 0 Å². The molecule has 0 radical (unpaired) electrons. The Morgan fingerprint density at radius 3 is 2.70 bits per heavy atom. The predicted octanol–water partition coefficient (Wildman–Crippen LogP) is 3.26. The van der Waals surface area contributed by atoms with Crippen molar-refractivity contribution in [1.82, 2.24) is 10.3 Å². The quantitative estimate of drug-likeness (QED) is 0.783. The molecule has 1 heterocycles. The minimum atomic E-state index is -0.179. The Balaban J connectivity index is 2.36. The monoisotopic (exact) mass is 268 g/mol. The lowest BCUT2D eigenvalue weighted by atomic mass is 9.94. The first-order valence-corrected chi connectivity index (χ1v) is 7.05. The zero-order chi connectivity index (χ0) is 14.2. The molecule has 0 spiro atoms. The first-order chi connectivity index (χ1) is 9.86. The molecule has 1 aromatic carbocycles. The van der Waals surface area contributed by atoms with Crippen molar-refractivity contribution in [2.75, 3.05) is 0 Å². The highest BCUT2D eigenvalue weighted by Crippen LogP contribution is 2.24. The van der Waals surface area contributed by atoms with E-state index in [-0.39, 0.29) is 6.04 Å². The largest absolute Gasteiger partial charge is 0.346 e. The van der Waals surface area contributed by atoms with Crippen molar-refractivity contribution in [2.45, 2.75) is 32.2 Å². The Morgan fingerprint density at radius 1 is 1.20 bits per heavy atom. The van der Waals surface area contributed by atoms with Crippen molar-refractivity contribution in [3.05, 3.63) is 65.5 Å². The summed E-state index contributed by atoms with van der Waals surface area (Å²) < 4.78 is 0. The van der Waals surface area contributed by atoms with E-state index in [1.54, 1.807) is 6.20 Å². The van der Waals surface area contributed by atoms with Gasteiger partial charge in [0.2, 0.25) is 6.41 Å². The topological polar surface area (TPSA) is 42.0 Å². The summed E-state index contributed by atoms with van der Waals surface area (Å²) in [6, 6.07) is 13.8. The second-order valence-corrected chi connectivity index (χ2v) is 4.77. The van der Waals surface area contributed by atoms with Gasteiger partial charge in [-0.25, -0.2) is 0 Å². The van der Waals surface area contributed by atoms with Gasteiger partial charge in [0.1, 0.15) is 0 Å². The number of hydrogen-bond acceptors (Lipinski definition) is 2. The summed E-state index contributed by atoms with van der Waals surface area (Å²) in [7, 11) is 0. The van der Waals surface area contributed by atoms with Crippen LogP contribution in [-0.2, 0) is 11.2 Å². The van der Waals surface area contributed by atoms with Gasteiger partial charge in [0.05, 0.1) is 11.7 Å². The van der Waals surface area contributed by atoms with E-state index < -0.39 is 0 Å². The van der Waals surface area contributed by atoms with Crippen LogP contribution in [0.5, 0.6) is 0 Å². The van der Waals surface area contributed by atoms with E-state index in [0.717, 1.165) is 36.9 Å². The Morgan fingerprint density at radius 2 is 2.00 bits per heavy atom. The average Bonchev–Trinajstić information content (AvgIpc) is 2.52. The molecule has 0 saturated heterocycles. The Kier molecular flexibility index (Phi) is 5.30. The van der Waals surface area contributed by atoms with Gasteiger partial charge in [0.25, 0.3) is 0 Å². The van der Waals surface area contributed by atoms with Crippen molar-refractivity contribution in [2.24, 2.45) is 0 Å². The Bertz CT molecular complexity index is 540. The molecule has 3 nitrogen and oxygen atoms in total. The molecule has 1 atom stereocenters. The van der Waals surface area contributed by atoms with Crippen LogP contribution in [0, 0.1) is 0 Å². The minimum absolute atomic E-state index is 0.179. The predicted molar refractivity (Wildman–Crippen MR) is 80.3 cm³/mol. The van der Waals surface area contributed by atoms with Gasteiger partial charge in [-0.15, -0.1) is 0 Å². The molecular weight excluding hydrogens is 248 g/mol. The number of carbonyl (C=O) groups is 1. The number of aromatic nitrogens is 1. The first-order valence-electron chi connectivity index (χ1n) is 7.05. The molecule has 0 fully saturated rings. The molecule has 0 aliphatic carbocycles. The summed E-state index contributed by atoms with van der Waals surface area (Å²) >= 11 is 0. The fourth-order valence-corrected chi connectivity index (χ4v) is 2.36. The highest BCUT2D eigenvalue weighted by atomic mass is 16.1. The van der Waals surface area contributed by atoms with Crippen molar-refractivity contribution >= 4 is 6.41 Å². The summed E-state index contributed by atoms with van der Waals surface area (Å²) in [5, 5.41) is 2.89. The maximum atomic E-state index is 10.9. The number of nitrogens with zero attached hydrogens (tertiary/aromatic N) is 1. The molecule has 0 saturated carbocycles. The summed E-state index contributed by atoms with van der Waals surface area (Å²) in [5.74, 6) is 0. The SMILES string of the molecule is CCCCc1ccccc1C(NC=O)c1ccccn1. The summed E-state index contributed by atoms with van der Waals surface area (Å²) in [6.07, 6.45) is 5.83. The molecule has 2 rings (SSSR count). The zero-order valence-corrected chi connectivity index (χ0v) is 11.8. The van der Waals surface area contributed by atoms with Gasteiger partial charge in [-0.2, -0.15) is 0 Å². The van der Waals surface area contributed by atoms with E-state index in [9.17, 15) is 4.79 Å². The third-order valence-electron chi connectivity index (χ3n) is 3.38. The summed E-state index contributed by atoms with van der Waals surface area (Å²) in [6.45, 7) is 2.18. The molecular formula is C17H20N2O. The standard InChI is InChI=1S/C17H20N2O/c1-2-3-8-14-9-4-5-10-15(14)17(19-13-20)16-11-6-7-12-18-16/h4-7,9-13,17H,2-3,8H2,1H3,(H,19,20). The smallest absolute Gasteiger partial charge is 0.207 e. The van der Waals surface area contributed by atoms with E-state index in [4.69, 9.17) is 0 Å². The number of benzene rings is 1. The van der Waals surface area contributed by atoms with Crippen LogP contribution in [-0.4, -0.2) is 11.4 Å². The van der Waals surface area contributed by atoms with Crippen LogP contribution in [0.25, 0.3) is 0 Å². The van der Waals surface area contributed by atoms with Gasteiger partial charge >= 0.3 is 0 Å². The lowest BCUT2D eigenvalue weighted by molar-refractivity contribution is -0.110. The molecule has 0 bridgehead atoms. The number of pyridine rings is 1. The van der Waals surface area contributed by atoms with E-state index in [2.05, 4.69) is 29.4 Å². The molecule has 1 unspecified atom stereocenters. The van der Waals surface area contributed by atoms with Crippen LogP contribution in [0.2, 0.25) is 0 Å². The van der Waals surface area contributed by atoms with Crippen LogP contribution >= 0.6 is 0 Å². The number of hydrogen-bond donors (Lipinski definition) is 1. The zero-order valence-electron chi connectivity index (χ0n) is 11.8. The summed E-state index contributed by atoms with van der Waals surface area (Å²) in [4.78, 5) is 15.3. The van der Waals surface area contributed by atoms with Crippen molar-refractivity contribution < 1.29 is 4.79 Å². The number of carbonyl (C=O) groups excluding carboxylic acids is 1.